The monoisotopic (exact) mass is 460 g/mol. The number of esters is 1. The topological polar surface area (TPSA) is 111 Å². The number of fused-ring (bicyclic) bond motifs is 1. The minimum Gasteiger partial charge on any atom is -0.490 e. The van der Waals surface area contributed by atoms with Crippen molar-refractivity contribution < 1.29 is 32.2 Å². The molecule has 1 amide bonds. The van der Waals surface area contributed by atoms with E-state index in [1.54, 1.807) is 18.2 Å². The van der Waals surface area contributed by atoms with Gasteiger partial charge in [0.05, 0.1) is 23.7 Å². The Morgan fingerprint density at radius 1 is 0.938 bits per heavy atom. The van der Waals surface area contributed by atoms with Crippen LogP contribution >= 0.6 is 0 Å². The maximum Gasteiger partial charge on any atom is 0.338 e. The Hall–Kier alpha value is -3.11. The fourth-order valence-corrected chi connectivity index (χ4v) is 5.01. The minimum atomic E-state index is -3.55. The van der Waals surface area contributed by atoms with Gasteiger partial charge in [-0.1, -0.05) is 0 Å². The van der Waals surface area contributed by atoms with Crippen molar-refractivity contribution >= 4 is 27.6 Å². The number of rotatable bonds is 6. The predicted octanol–water partition coefficient (Wildman–Crippen LogP) is 2.43. The van der Waals surface area contributed by atoms with Gasteiger partial charge in [-0.2, -0.15) is 4.31 Å². The molecule has 2 heterocycles. The number of carbonyl (C=O) groups is 2. The number of nitrogens with zero attached hydrogens (tertiary/aromatic N) is 1. The average Bonchev–Trinajstić information content (AvgIpc) is 3.25. The van der Waals surface area contributed by atoms with Crippen LogP contribution in [0.4, 0.5) is 5.69 Å². The van der Waals surface area contributed by atoms with Gasteiger partial charge in [0.2, 0.25) is 10.0 Å². The molecule has 2 aromatic rings. The fraction of sp³-hybridized carbons (Fsp3) is 0.364. The van der Waals surface area contributed by atoms with Gasteiger partial charge in [0.15, 0.2) is 18.1 Å². The molecule has 2 aliphatic rings. The SMILES string of the molecule is O=C(COC(=O)c1ccc(S(=O)(=O)N2CCCC2)cc1)Nc1ccc2c(c1)OCCCO2. The summed E-state index contributed by atoms with van der Waals surface area (Å²) in [6.45, 7) is 1.62. The summed E-state index contributed by atoms with van der Waals surface area (Å²) in [6, 6.07) is 10.6. The lowest BCUT2D eigenvalue weighted by molar-refractivity contribution is -0.119. The number of sulfonamides is 1. The standard InChI is InChI=1S/C22H24N2O7S/c25-21(23-17-6-9-19-20(14-17)30-13-3-12-29-19)15-31-22(26)16-4-7-18(8-5-16)32(27,28)24-10-1-2-11-24/h4-9,14H,1-3,10-13,15H2,(H,23,25). The van der Waals surface area contributed by atoms with Crippen molar-refractivity contribution in [1.29, 1.82) is 0 Å². The van der Waals surface area contributed by atoms with Crippen molar-refractivity contribution in [3.05, 3.63) is 48.0 Å². The number of anilines is 1. The molecule has 10 heteroatoms. The molecule has 0 saturated carbocycles. The number of amides is 1. The maximum absolute atomic E-state index is 12.6. The first-order valence-electron chi connectivity index (χ1n) is 10.4. The molecule has 2 aromatic carbocycles. The summed E-state index contributed by atoms with van der Waals surface area (Å²) in [7, 11) is -3.55. The van der Waals surface area contributed by atoms with Gasteiger partial charge in [-0.25, -0.2) is 13.2 Å². The summed E-state index contributed by atoms with van der Waals surface area (Å²) in [4.78, 5) is 24.5. The summed E-state index contributed by atoms with van der Waals surface area (Å²) >= 11 is 0. The normalized spacial score (nSPS) is 16.2. The minimum absolute atomic E-state index is 0.128. The molecule has 4 rings (SSSR count). The molecule has 0 spiro atoms. The summed E-state index contributed by atoms with van der Waals surface area (Å²) in [5.41, 5.74) is 0.653. The molecule has 0 aromatic heterocycles. The molecule has 0 atom stereocenters. The molecule has 170 valence electrons. The Balaban J connectivity index is 1.31. The van der Waals surface area contributed by atoms with E-state index in [1.807, 2.05) is 0 Å². The number of ether oxygens (including phenoxy) is 3. The van der Waals surface area contributed by atoms with Gasteiger partial charge in [-0.05, 0) is 49.2 Å². The summed E-state index contributed by atoms with van der Waals surface area (Å²) < 4.78 is 42.7. The average molecular weight is 461 g/mol. The van der Waals surface area contributed by atoms with Crippen molar-refractivity contribution in [3.8, 4) is 11.5 Å². The summed E-state index contributed by atoms with van der Waals surface area (Å²) in [6.07, 6.45) is 2.47. The molecule has 1 N–H and O–H groups in total. The molecule has 1 fully saturated rings. The van der Waals surface area contributed by atoms with Crippen molar-refractivity contribution in [1.82, 2.24) is 4.31 Å². The van der Waals surface area contributed by atoms with Gasteiger partial charge in [-0.3, -0.25) is 4.79 Å². The van der Waals surface area contributed by atoms with Crippen LogP contribution < -0.4 is 14.8 Å². The van der Waals surface area contributed by atoms with E-state index < -0.39 is 28.5 Å². The third-order valence-electron chi connectivity index (χ3n) is 5.16. The van der Waals surface area contributed by atoms with Crippen LogP contribution in [-0.2, 0) is 19.6 Å². The van der Waals surface area contributed by atoms with E-state index in [4.69, 9.17) is 14.2 Å². The number of hydrogen-bond acceptors (Lipinski definition) is 7. The zero-order chi connectivity index (χ0) is 22.6. The maximum atomic E-state index is 12.6. The van der Waals surface area contributed by atoms with E-state index in [9.17, 15) is 18.0 Å². The molecule has 0 radical (unpaired) electrons. The van der Waals surface area contributed by atoms with Crippen LogP contribution in [-0.4, -0.2) is 57.5 Å². The zero-order valence-corrected chi connectivity index (χ0v) is 18.2. The van der Waals surface area contributed by atoms with Crippen LogP contribution in [0.15, 0.2) is 47.4 Å². The molecule has 2 aliphatic heterocycles. The van der Waals surface area contributed by atoms with E-state index in [-0.39, 0.29) is 10.5 Å². The summed E-state index contributed by atoms with van der Waals surface area (Å²) in [5, 5.41) is 2.64. The molecule has 32 heavy (non-hydrogen) atoms. The Kier molecular flexibility index (Phi) is 6.61. The number of benzene rings is 2. The Morgan fingerprint density at radius 3 is 2.34 bits per heavy atom. The highest BCUT2D eigenvalue weighted by Crippen LogP contribution is 2.32. The van der Waals surface area contributed by atoms with Crippen molar-refractivity contribution in [2.45, 2.75) is 24.2 Å². The van der Waals surface area contributed by atoms with Crippen LogP contribution in [0.3, 0.4) is 0 Å². The third kappa shape index (κ3) is 5.03. The lowest BCUT2D eigenvalue weighted by atomic mass is 10.2. The molecular weight excluding hydrogens is 436 g/mol. The molecule has 1 saturated heterocycles. The van der Waals surface area contributed by atoms with Gasteiger partial charge < -0.3 is 19.5 Å². The van der Waals surface area contributed by atoms with Gasteiger partial charge in [0, 0.05) is 31.3 Å². The van der Waals surface area contributed by atoms with E-state index >= 15 is 0 Å². The third-order valence-corrected chi connectivity index (χ3v) is 7.07. The van der Waals surface area contributed by atoms with Gasteiger partial charge in [0.1, 0.15) is 0 Å². The van der Waals surface area contributed by atoms with Crippen LogP contribution in [0.2, 0.25) is 0 Å². The van der Waals surface area contributed by atoms with Gasteiger partial charge in [-0.15, -0.1) is 0 Å². The molecule has 9 nitrogen and oxygen atoms in total. The van der Waals surface area contributed by atoms with Crippen LogP contribution in [0.5, 0.6) is 11.5 Å². The van der Waals surface area contributed by atoms with Crippen LogP contribution in [0.25, 0.3) is 0 Å². The molecule has 0 aliphatic carbocycles. The lowest BCUT2D eigenvalue weighted by Crippen LogP contribution is -2.27. The fourth-order valence-electron chi connectivity index (χ4n) is 3.49. The Morgan fingerprint density at radius 2 is 1.62 bits per heavy atom. The number of hydrogen-bond donors (Lipinski definition) is 1. The number of carbonyl (C=O) groups excluding carboxylic acids is 2. The second kappa shape index (κ2) is 9.58. The van der Waals surface area contributed by atoms with Crippen LogP contribution in [0, 0.1) is 0 Å². The molecule has 0 bridgehead atoms. The van der Waals surface area contributed by atoms with Gasteiger partial charge >= 0.3 is 5.97 Å². The Bertz CT molecular complexity index is 1090. The number of nitrogens with one attached hydrogen (secondary N) is 1. The van der Waals surface area contributed by atoms with Crippen molar-refractivity contribution in [3.63, 3.8) is 0 Å². The van der Waals surface area contributed by atoms with E-state index in [0.717, 1.165) is 19.3 Å². The highest BCUT2D eigenvalue weighted by atomic mass is 32.2. The second-order valence-electron chi connectivity index (χ2n) is 7.47. The molecular formula is C22H24N2O7S. The highest BCUT2D eigenvalue weighted by Gasteiger charge is 2.27. The quantitative estimate of drug-likeness (QED) is 0.659. The highest BCUT2D eigenvalue weighted by molar-refractivity contribution is 7.89. The largest absolute Gasteiger partial charge is 0.490 e. The van der Waals surface area contributed by atoms with Crippen molar-refractivity contribution in [2.75, 3.05) is 38.2 Å². The van der Waals surface area contributed by atoms with E-state index in [2.05, 4.69) is 5.32 Å². The summed E-state index contributed by atoms with van der Waals surface area (Å²) in [5.74, 6) is -0.0756. The first-order chi connectivity index (χ1) is 15.4. The first-order valence-corrected chi connectivity index (χ1v) is 11.8. The first kappa shape index (κ1) is 22.1. The molecule has 0 unspecified atom stereocenters. The van der Waals surface area contributed by atoms with Crippen molar-refractivity contribution in [2.24, 2.45) is 0 Å². The Labute approximate surface area is 186 Å². The van der Waals surface area contributed by atoms with E-state index in [1.165, 1.54) is 28.6 Å². The predicted molar refractivity (Wildman–Crippen MR) is 115 cm³/mol. The lowest BCUT2D eigenvalue weighted by Gasteiger charge is -2.15. The second-order valence-corrected chi connectivity index (χ2v) is 9.41. The van der Waals surface area contributed by atoms with E-state index in [0.29, 0.717) is 43.5 Å². The zero-order valence-electron chi connectivity index (χ0n) is 17.4. The van der Waals surface area contributed by atoms with Crippen LogP contribution in [0.1, 0.15) is 29.6 Å². The smallest absolute Gasteiger partial charge is 0.338 e. The van der Waals surface area contributed by atoms with Gasteiger partial charge in [0.25, 0.3) is 5.91 Å².